The van der Waals surface area contributed by atoms with E-state index in [-0.39, 0.29) is 22.9 Å². The van der Waals surface area contributed by atoms with Crippen molar-refractivity contribution in [3.8, 4) is 0 Å². The molecule has 2 aromatic carbocycles. The quantitative estimate of drug-likeness (QED) is 0.483. The highest BCUT2D eigenvalue weighted by molar-refractivity contribution is 6.44. The van der Waals surface area contributed by atoms with Gasteiger partial charge < -0.3 is 9.80 Å². The van der Waals surface area contributed by atoms with E-state index in [4.69, 9.17) is 34.8 Å². The predicted molar refractivity (Wildman–Crippen MR) is 118 cm³/mol. The number of fused-ring (bicyclic) bond motifs is 2. The number of benzene rings is 2. The largest absolute Gasteiger partial charge is 0.390 e. The van der Waals surface area contributed by atoms with E-state index in [9.17, 15) is 18.0 Å². The molecular formula is C22H20Cl3F3N2O. The molecule has 3 nitrogen and oxygen atoms in total. The summed E-state index contributed by atoms with van der Waals surface area (Å²) in [5, 5.41) is 1.07. The standard InChI is InChI=1S/C22H20Cl3F3N2O/c23-14-4-5-18-16(12-14)21(6-9-29(10-7-21)11-8-22(26,27)28)13-30(18)20(31)15-2-1-3-17(24)19(15)25/h1-5,12H,6-11,13H2. The summed E-state index contributed by atoms with van der Waals surface area (Å²) < 4.78 is 37.8. The van der Waals surface area contributed by atoms with Crippen LogP contribution < -0.4 is 4.90 Å². The second-order valence-corrected chi connectivity index (χ2v) is 9.36. The lowest BCUT2D eigenvalue weighted by Crippen LogP contribution is -2.46. The van der Waals surface area contributed by atoms with E-state index >= 15 is 0 Å². The molecule has 2 heterocycles. The predicted octanol–water partition coefficient (Wildman–Crippen LogP) is 6.59. The Labute approximate surface area is 193 Å². The van der Waals surface area contributed by atoms with E-state index in [1.807, 2.05) is 17.0 Å². The summed E-state index contributed by atoms with van der Waals surface area (Å²) in [7, 11) is 0. The average Bonchev–Trinajstić information content (AvgIpc) is 3.02. The Balaban J connectivity index is 1.60. The van der Waals surface area contributed by atoms with Gasteiger partial charge in [0.15, 0.2) is 0 Å². The van der Waals surface area contributed by atoms with Crippen LogP contribution in [-0.4, -0.2) is 43.2 Å². The molecule has 0 unspecified atom stereocenters. The summed E-state index contributed by atoms with van der Waals surface area (Å²) in [6, 6.07) is 10.4. The minimum absolute atomic E-state index is 0.0112. The summed E-state index contributed by atoms with van der Waals surface area (Å²) >= 11 is 18.7. The van der Waals surface area contributed by atoms with Gasteiger partial charge in [-0.15, -0.1) is 0 Å². The first-order valence-electron chi connectivity index (χ1n) is 9.95. The first kappa shape index (κ1) is 22.7. The topological polar surface area (TPSA) is 23.6 Å². The maximum atomic E-state index is 13.4. The van der Waals surface area contributed by atoms with Crippen molar-refractivity contribution in [1.29, 1.82) is 0 Å². The van der Waals surface area contributed by atoms with Gasteiger partial charge in [-0.25, -0.2) is 0 Å². The summed E-state index contributed by atoms with van der Waals surface area (Å²) in [6.07, 6.45) is -3.70. The molecule has 2 aliphatic rings. The van der Waals surface area contributed by atoms with Crippen LogP contribution in [0.2, 0.25) is 15.1 Å². The van der Waals surface area contributed by atoms with Gasteiger partial charge in [-0.1, -0.05) is 40.9 Å². The summed E-state index contributed by atoms with van der Waals surface area (Å²) in [5.41, 5.74) is 1.68. The number of amides is 1. The maximum Gasteiger partial charge on any atom is 0.390 e. The number of hydrogen-bond acceptors (Lipinski definition) is 2. The highest BCUT2D eigenvalue weighted by atomic mass is 35.5. The summed E-state index contributed by atoms with van der Waals surface area (Å²) in [6.45, 7) is 1.48. The fourth-order valence-corrected chi connectivity index (χ4v) is 5.11. The third-order valence-electron chi connectivity index (χ3n) is 6.23. The molecule has 0 aliphatic carbocycles. The molecule has 9 heteroatoms. The highest BCUT2D eigenvalue weighted by Crippen LogP contribution is 2.48. The van der Waals surface area contributed by atoms with Crippen molar-refractivity contribution < 1.29 is 18.0 Å². The molecule has 1 amide bonds. The Hall–Kier alpha value is -1.47. The van der Waals surface area contributed by atoms with Crippen LogP contribution in [0, 0.1) is 0 Å². The Morgan fingerprint density at radius 2 is 1.77 bits per heavy atom. The van der Waals surface area contributed by atoms with Crippen LogP contribution in [0.15, 0.2) is 36.4 Å². The summed E-state index contributed by atoms with van der Waals surface area (Å²) in [4.78, 5) is 16.9. The fourth-order valence-electron chi connectivity index (χ4n) is 4.55. The van der Waals surface area contributed by atoms with E-state index in [1.54, 1.807) is 29.2 Å². The van der Waals surface area contributed by atoms with Crippen LogP contribution in [-0.2, 0) is 5.41 Å². The van der Waals surface area contributed by atoms with Gasteiger partial charge in [0.1, 0.15) is 0 Å². The number of piperidine rings is 1. The van der Waals surface area contributed by atoms with Gasteiger partial charge in [-0.2, -0.15) is 13.2 Å². The van der Waals surface area contributed by atoms with Gasteiger partial charge in [0.2, 0.25) is 0 Å². The SMILES string of the molecule is O=C(c1cccc(Cl)c1Cl)N1CC2(CCN(CCC(F)(F)F)CC2)c2cc(Cl)ccc21. The molecule has 1 spiro atoms. The van der Waals surface area contributed by atoms with Crippen molar-refractivity contribution in [3.63, 3.8) is 0 Å². The number of alkyl halides is 3. The van der Waals surface area contributed by atoms with Crippen molar-refractivity contribution in [3.05, 3.63) is 62.6 Å². The zero-order valence-electron chi connectivity index (χ0n) is 16.5. The van der Waals surface area contributed by atoms with Crippen molar-refractivity contribution in [1.82, 2.24) is 4.90 Å². The van der Waals surface area contributed by atoms with Gasteiger partial charge in [-0.3, -0.25) is 4.79 Å². The lowest BCUT2D eigenvalue weighted by molar-refractivity contribution is -0.138. The Kier molecular flexibility index (Phi) is 6.21. The van der Waals surface area contributed by atoms with E-state index in [0.717, 1.165) is 11.3 Å². The van der Waals surface area contributed by atoms with E-state index in [0.29, 0.717) is 48.1 Å². The third-order valence-corrected chi connectivity index (χ3v) is 7.29. The van der Waals surface area contributed by atoms with Crippen LogP contribution in [0.1, 0.15) is 35.2 Å². The molecule has 0 aromatic heterocycles. The Bertz CT molecular complexity index is 1000. The number of hydrogen-bond donors (Lipinski definition) is 0. The van der Waals surface area contributed by atoms with Crippen LogP contribution >= 0.6 is 34.8 Å². The summed E-state index contributed by atoms with van der Waals surface area (Å²) in [5.74, 6) is -0.257. The minimum atomic E-state index is -4.16. The molecule has 0 saturated carbocycles. The van der Waals surface area contributed by atoms with Crippen molar-refractivity contribution in [2.45, 2.75) is 30.9 Å². The smallest absolute Gasteiger partial charge is 0.307 e. The van der Waals surface area contributed by atoms with Gasteiger partial charge in [0.05, 0.1) is 22.0 Å². The lowest BCUT2D eigenvalue weighted by atomic mass is 9.74. The van der Waals surface area contributed by atoms with Crippen LogP contribution in [0.3, 0.4) is 0 Å². The van der Waals surface area contributed by atoms with Crippen molar-refractivity contribution in [2.24, 2.45) is 0 Å². The van der Waals surface area contributed by atoms with Gasteiger partial charge in [-0.05, 0) is 61.8 Å². The molecule has 0 atom stereocenters. The number of nitrogens with zero attached hydrogens (tertiary/aromatic N) is 2. The molecule has 2 aliphatic heterocycles. The number of likely N-dealkylation sites (tertiary alicyclic amines) is 1. The molecule has 31 heavy (non-hydrogen) atoms. The van der Waals surface area contributed by atoms with E-state index in [2.05, 4.69) is 0 Å². The van der Waals surface area contributed by atoms with Crippen LogP contribution in [0.4, 0.5) is 18.9 Å². The molecule has 0 radical (unpaired) electrons. The highest BCUT2D eigenvalue weighted by Gasteiger charge is 2.47. The number of carbonyl (C=O) groups excluding carboxylic acids is 1. The second kappa shape index (κ2) is 8.47. The Morgan fingerprint density at radius 1 is 1.06 bits per heavy atom. The fraction of sp³-hybridized carbons (Fsp3) is 0.409. The molecule has 2 aromatic rings. The zero-order chi connectivity index (χ0) is 22.4. The van der Waals surface area contributed by atoms with Crippen molar-refractivity contribution >= 4 is 46.4 Å². The second-order valence-electron chi connectivity index (χ2n) is 8.14. The number of anilines is 1. The molecule has 166 valence electrons. The van der Waals surface area contributed by atoms with Gasteiger partial charge >= 0.3 is 6.18 Å². The molecule has 4 rings (SSSR count). The number of halogens is 6. The van der Waals surface area contributed by atoms with Gasteiger partial charge in [0, 0.05) is 29.2 Å². The van der Waals surface area contributed by atoms with E-state index < -0.39 is 12.6 Å². The van der Waals surface area contributed by atoms with Crippen LogP contribution in [0.25, 0.3) is 0 Å². The first-order chi connectivity index (χ1) is 14.6. The first-order valence-corrected chi connectivity index (χ1v) is 11.1. The average molecular weight is 492 g/mol. The van der Waals surface area contributed by atoms with Crippen molar-refractivity contribution in [2.75, 3.05) is 31.1 Å². The zero-order valence-corrected chi connectivity index (χ0v) is 18.8. The molecule has 0 bridgehead atoms. The molecular weight excluding hydrogens is 472 g/mol. The van der Waals surface area contributed by atoms with Crippen LogP contribution in [0.5, 0.6) is 0 Å². The monoisotopic (exact) mass is 490 g/mol. The number of carbonyl (C=O) groups is 1. The molecule has 1 saturated heterocycles. The Morgan fingerprint density at radius 3 is 2.45 bits per heavy atom. The number of rotatable bonds is 3. The maximum absolute atomic E-state index is 13.4. The van der Waals surface area contributed by atoms with E-state index in [1.165, 1.54) is 0 Å². The third kappa shape index (κ3) is 4.54. The normalized spacial score (nSPS) is 18.5. The van der Waals surface area contributed by atoms with Gasteiger partial charge in [0.25, 0.3) is 5.91 Å². The lowest BCUT2D eigenvalue weighted by Gasteiger charge is -2.40. The molecule has 0 N–H and O–H groups in total. The minimum Gasteiger partial charge on any atom is -0.307 e. The molecule has 1 fully saturated rings.